The van der Waals surface area contributed by atoms with Gasteiger partial charge in [-0.1, -0.05) is 170 Å². The molecule has 11 aromatic carbocycles. The SMILES string of the molecule is [C-]#[N+]c1c(-c2ccccc2)c(C#N)c(-n2c3ccccc3c3ccc(-c4cccc5oc6ccccc6c45)cc32)c(-c2ccccc2)c1-n1c2cccc3c4ccccc4c4cccc1c4c32. The third-order valence-corrected chi connectivity index (χ3v) is 13.9. The largest absolute Gasteiger partial charge is 0.456 e. The van der Waals surface area contributed by atoms with Crippen LogP contribution in [0.2, 0.25) is 0 Å². The molecule has 14 aromatic rings. The molecular formula is C62H34N4O. The summed E-state index contributed by atoms with van der Waals surface area (Å²) in [6.45, 7) is 9.26. The number of hydrogen-bond donors (Lipinski definition) is 0. The predicted octanol–water partition coefficient (Wildman–Crippen LogP) is 16.9. The van der Waals surface area contributed by atoms with E-state index in [9.17, 15) is 11.8 Å². The number of rotatable bonds is 5. The smallest absolute Gasteiger partial charge is 0.220 e. The molecule has 67 heavy (non-hydrogen) atoms. The normalized spacial score (nSPS) is 11.9. The number of nitrogens with zero attached hydrogens (tertiary/aromatic N) is 4. The molecule has 3 aromatic heterocycles. The van der Waals surface area contributed by atoms with E-state index in [1.807, 2.05) is 66.7 Å². The molecule has 0 saturated heterocycles. The van der Waals surface area contributed by atoms with Gasteiger partial charge >= 0.3 is 0 Å². The van der Waals surface area contributed by atoms with Crippen molar-refractivity contribution in [1.82, 2.24) is 9.13 Å². The second-order valence-corrected chi connectivity index (χ2v) is 17.3. The molecule has 0 fully saturated rings. The van der Waals surface area contributed by atoms with Crippen LogP contribution in [0, 0.1) is 17.9 Å². The van der Waals surface area contributed by atoms with Gasteiger partial charge in [-0.2, -0.15) is 5.26 Å². The summed E-state index contributed by atoms with van der Waals surface area (Å²) in [6.07, 6.45) is 0. The van der Waals surface area contributed by atoms with E-state index in [4.69, 9.17) is 4.42 Å². The average Bonchev–Trinajstić information content (AvgIpc) is 4.06. The summed E-state index contributed by atoms with van der Waals surface area (Å²) in [5.41, 5.74) is 13.0. The van der Waals surface area contributed by atoms with Crippen LogP contribution in [0.4, 0.5) is 5.69 Å². The predicted molar refractivity (Wildman–Crippen MR) is 276 cm³/mol. The van der Waals surface area contributed by atoms with Crippen LogP contribution < -0.4 is 0 Å². The van der Waals surface area contributed by atoms with Crippen LogP contribution in [0.25, 0.3) is 137 Å². The average molecular weight is 851 g/mol. The lowest BCUT2D eigenvalue weighted by molar-refractivity contribution is 0.669. The van der Waals surface area contributed by atoms with Crippen LogP contribution >= 0.6 is 0 Å². The molecule has 0 aliphatic heterocycles. The minimum atomic E-state index is 0.414. The van der Waals surface area contributed by atoms with Gasteiger partial charge in [0.25, 0.3) is 0 Å². The first-order chi connectivity index (χ1) is 33.2. The summed E-state index contributed by atoms with van der Waals surface area (Å²) < 4.78 is 11.0. The van der Waals surface area contributed by atoms with Crippen molar-refractivity contribution in [2.24, 2.45) is 0 Å². The van der Waals surface area contributed by atoms with Gasteiger partial charge in [0, 0.05) is 43.4 Å². The molecule has 0 atom stereocenters. The van der Waals surface area contributed by atoms with E-state index in [0.717, 1.165) is 110 Å². The van der Waals surface area contributed by atoms with Gasteiger partial charge in [-0.05, 0) is 80.2 Å². The first kappa shape index (κ1) is 37.0. The van der Waals surface area contributed by atoms with Crippen molar-refractivity contribution in [3.8, 4) is 50.8 Å². The van der Waals surface area contributed by atoms with Crippen LogP contribution in [0.5, 0.6) is 0 Å². The number of para-hydroxylation sites is 2. The summed E-state index contributed by atoms with van der Waals surface area (Å²) in [6, 6.07) is 74.4. The van der Waals surface area contributed by atoms with Crippen LogP contribution in [0.15, 0.2) is 211 Å². The molecule has 0 amide bonds. The topological polar surface area (TPSA) is 51.1 Å². The van der Waals surface area contributed by atoms with Gasteiger partial charge < -0.3 is 13.6 Å². The summed E-state index contributed by atoms with van der Waals surface area (Å²) >= 11 is 0. The van der Waals surface area contributed by atoms with Crippen molar-refractivity contribution >= 4 is 92.8 Å². The Hall–Kier alpha value is -9.42. The Morgan fingerprint density at radius 2 is 0.925 bits per heavy atom. The van der Waals surface area contributed by atoms with E-state index in [-0.39, 0.29) is 0 Å². The van der Waals surface area contributed by atoms with Crippen molar-refractivity contribution in [3.63, 3.8) is 0 Å². The molecular weight excluding hydrogens is 817 g/mol. The lowest BCUT2D eigenvalue weighted by Crippen LogP contribution is -2.08. The van der Waals surface area contributed by atoms with E-state index < -0.39 is 0 Å². The minimum Gasteiger partial charge on any atom is -0.456 e. The maximum atomic E-state index is 11.9. The van der Waals surface area contributed by atoms with Crippen LogP contribution in [-0.4, -0.2) is 9.13 Å². The van der Waals surface area contributed by atoms with Gasteiger partial charge in [0.2, 0.25) is 5.69 Å². The van der Waals surface area contributed by atoms with E-state index in [1.54, 1.807) is 0 Å². The summed E-state index contributed by atoms with van der Waals surface area (Å²) in [7, 11) is 0. The van der Waals surface area contributed by atoms with Crippen molar-refractivity contribution in [2.45, 2.75) is 0 Å². The highest BCUT2D eigenvalue weighted by Crippen LogP contribution is 2.53. The molecule has 308 valence electrons. The molecule has 3 heterocycles. The summed E-state index contributed by atoms with van der Waals surface area (Å²) in [5.74, 6) is 0. The molecule has 0 saturated carbocycles. The molecule has 0 bridgehead atoms. The Balaban J connectivity index is 1.21. The zero-order valence-corrected chi connectivity index (χ0v) is 35.8. The zero-order chi connectivity index (χ0) is 44.3. The van der Waals surface area contributed by atoms with Gasteiger partial charge in [-0.15, -0.1) is 0 Å². The van der Waals surface area contributed by atoms with Gasteiger partial charge in [0.15, 0.2) is 0 Å². The molecule has 0 unspecified atom stereocenters. The van der Waals surface area contributed by atoms with Gasteiger partial charge in [0.1, 0.15) is 17.2 Å². The molecule has 5 nitrogen and oxygen atoms in total. The Labute approximate surface area is 384 Å². The number of fused-ring (bicyclic) bond motifs is 9. The second kappa shape index (κ2) is 14.0. The van der Waals surface area contributed by atoms with Crippen molar-refractivity contribution in [1.29, 1.82) is 5.26 Å². The monoisotopic (exact) mass is 850 g/mol. The lowest BCUT2D eigenvalue weighted by Gasteiger charge is -2.25. The number of furan rings is 1. The second-order valence-electron chi connectivity index (χ2n) is 17.3. The van der Waals surface area contributed by atoms with E-state index >= 15 is 0 Å². The first-order valence-electron chi connectivity index (χ1n) is 22.4. The van der Waals surface area contributed by atoms with Crippen LogP contribution in [0.3, 0.4) is 0 Å². The highest BCUT2D eigenvalue weighted by atomic mass is 16.3. The van der Waals surface area contributed by atoms with Crippen molar-refractivity contribution < 1.29 is 4.42 Å². The molecule has 14 rings (SSSR count). The highest BCUT2D eigenvalue weighted by molar-refractivity contribution is 6.34. The van der Waals surface area contributed by atoms with Crippen molar-refractivity contribution in [3.05, 3.63) is 223 Å². The quantitative estimate of drug-likeness (QED) is 0.128. The fourth-order valence-electron chi connectivity index (χ4n) is 11.3. The zero-order valence-electron chi connectivity index (χ0n) is 35.8. The Morgan fingerprint density at radius 1 is 0.403 bits per heavy atom. The first-order valence-corrected chi connectivity index (χ1v) is 22.4. The van der Waals surface area contributed by atoms with E-state index in [0.29, 0.717) is 22.5 Å². The Kier molecular flexibility index (Phi) is 7.75. The fraction of sp³-hybridized carbons (Fsp3) is 0. The maximum Gasteiger partial charge on any atom is 0.220 e. The summed E-state index contributed by atoms with van der Waals surface area (Å²) in [5, 5.41) is 23.1. The Morgan fingerprint density at radius 3 is 1.60 bits per heavy atom. The molecule has 5 heteroatoms. The third-order valence-electron chi connectivity index (χ3n) is 13.9. The number of nitriles is 1. The molecule has 0 aliphatic rings. The summed E-state index contributed by atoms with van der Waals surface area (Å²) in [4.78, 5) is 4.52. The van der Waals surface area contributed by atoms with Gasteiger partial charge in [-0.25, -0.2) is 4.85 Å². The van der Waals surface area contributed by atoms with E-state index in [1.165, 1.54) is 10.8 Å². The Bertz CT molecular complexity index is 4370. The number of aromatic nitrogens is 2. The van der Waals surface area contributed by atoms with Gasteiger partial charge in [0.05, 0.1) is 45.6 Å². The number of benzene rings is 11. The van der Waals surface area contributed by atoms with Crippen molar-refractivity contribution in [2.75, 3.05) is 0 Å². The highest BCUT2D eigenvalue weighted by Gasteiger charge is 2.32. The molecule has 0 spiro atoms. The number of hydrogen-bond acceptors (Lipinski definition) is 2. The van der Waals surface area contributed by atoms with Crippen LogP contribution in [-0.2, 0) is 0 Å². The third kappa shape index (κ3) is 5.06. The molecule has 0 aliphatic carbocycles. The van der Waals surface area contributed by atoms with E-state index in [2.05, 4.69) is 160 Å². The molecule has 0 radical (unpaired) electrons. The van der Waals surface area contributed by atoms with Crippen LogP contribution in [0.1, 0.15) is 5.56 Å². The van der Waals surface area contributed by atoms with Gasteiger partial charge in [-0.3, -0.25) is 0 Å². The minimum absolute atomic E-state index is 0.414. The standard InChI is InChI=1S/C62H34N4O/c1-64-60-55(37-17-4-2-5-18-37)48(36-63)61(65-49-28-12-10-23-43(49)44-34-33-39(35-52(44)65)40-25-16-32-54-57(40)47-24-11-13-31-53(47)67-54)56(38-19-6-3-7-20-38)62(60)66-50-29-14-26-45-41-21-8-9-22-42(41)46-27-15-30-51(66)59(46)58(45)50/h2-35H. The maximum absolute atomic E-state index is 11.9. The molecule has 0 N–H and O–H groups in total. The lowest BCUT2D eigenvalue weighted by atomic mass is 9.88. The fourth-order valence-corrected chi connectivity index (χ4v) is 11.3.